The minimum absolute atomic E-state index is 0.0884. The highest BCUT2D eigenvalue weighted by molar-refractivity contribution is 5.71. The number of carbonyl (C=O) groups excluding carboxylic acids is 3. The summed E-state index contributed by atoms with van der Waals surface area (Å²) in [5.74, 6) is -0.905. The van der Waals surface area contributed by atoms with Gasteiger partial charge < -0.3 is 14.2 Å². The summed E-state index contributed by atoms with van der Waals surface area (Å²) < 4.78 is 17.0. The van der Waals surface area contributed by atoms with Gasteiger partial charge in [0, 0.05) is 19.3 Å². The maximum atomic E-state index is 13.0. The monoisotopic (exact) mass is 1150 g/mol. The number of ether oxygens (including phenoxy) is 3. The molecule has 0 aromatic rings. The van der Waals surface area contributed by atoms with Gasteiger partial charge in [-0.2, -0.15) is 0 Å². The minimum Gasteiger partial charge on any atom is -0.462 e. The predicted octanol–water partition coefficient (Wildman–Crippen LogP) is 24.1. The van der Waals surface area contributed by atoms with Gasteiger partial charge in [-0.25, -0.2) is 0 Å². The molecule has 0 amide bonds. The molecule has 0 heterocycles. The van der Waals surface area contributed by atoms with Crippen LogP contribution < -0.4 is 0 Å². The van der Waals surface area contributed by atoms with Crippen molar-refractivity contribution < 1.29 is 28.6 Å². The Balaban J connectivity index is 4.31. The minimum atomic E-state index is -0.795. The molecule has 0 bridgehead atoms. The van der Waals surface area contributed by atoms with Crippen molar-refractivity contribution in [1.82, 2.24) is 0 Å². The Labute approximate surface area is 513 Å². The van der Waals surface area contributed by atoms with Crippen LogP contribution in [0.3, 0.4) is 0 Å². The quantitative estimate of drug-likeness (QED) is 0.0261. The van der Waals surface area contributed by atoms with E-state index in [2.05, 4.69) is 154 Å². The van der Waals surface area contributed by atoms with E-state index in [1.807, 2.05) is 0 Å². The van der Waals surface area contributed by atoms with Gasteiger partial charge in [-0.1, -0.05) is 302 Å². The van der Waals surface area contributed by atoms with Gasteiger partial charge in [0.05, 0.1) is 0 Å². The Morgan fingerprint density at radius 1 is 0.241 bits per heavy atom. The molecule has 1 unspecified atom stereocenters. The maximum absolute atomic E-state index is 13.0. The second kappa shape index (κ2) is 70.0. The molecule has 0 fully saturated rings. The smallest absolute Gasteiger partial charge is 0.306 e. The third-order valence-corrected chi connectivity index (χ3v) is 14.6. The average Bonchev–Trinajstić information content (AvgIpc) is 3.49. The van der Waals surface area contributed by atoms with E-state index in [-0.39, 0.29) is 31.1 Å². The van der Waals surface area contributed by atoms with Crippen LogP contribution in [0.1, 0.15) is 316 Å². The Kier molecular flexibility index (Phi) is 66.3. The Hall–Kier alpha value is -4.45. The lowest BCUT2D eigenvalue weighted by Crippen LogP contribution is -2.30. The second-order valence-electron chi connectivity index (χ2n) is 22.6. The summed E-state index contributed by atoms with van der Waals surface area (Å²) in [6, 6.07) is 0. The fraction of sp³-hybridized carbons (Fsp3) is 0.675. The number of esters is 3. The van der Waals surface area contributed by atoms with Crippen LogP contribution in [0.15, 0.2) is 134 Å². The Bertz CT molecular complexity index is 1750. The van der Waals surface area contributed by atoms with Crippen molar-refractivity contribution in [3.05, 3.63) is 134 Å². The summed E-state index contributed by atoms with van der Waals surface area (Å²) in [7, 11) is 0. The molecular formula is C77H128O6. The van der Waals surface area contributed by atoms with Crippen LogP contribution in [0, 0.1) is 0 Å². The zero-order valence-electron chi connectivity index (χ0n) is 54.2. The van der Waals surface area contributed by atoms with Crippen molar-refractivity contribution >= 4 is 17.9 Å². The molecule has 0 rings (SSSR count). The number of allylic oxidation sites excluding steroid dienone is 22. The van der Waals surface area contributed by atoms with Crippen LogP contribution >= 0.6 is 0 Å². The van der Waals surface area contributed by atoms with Gasteiger partial charge in [0.15, 0.2) is 6.10 Å². The van der Waals surface area contributed by atoms with Crippen molar-refractivity contribution in [2.45, 2.75) is 322 Å². The third-order valence-electron chi connectivity index (χ3n) is 14.6. The van der Waals surface area contributed by atoms with Gasteiger partial charge in [-0.05, 0) is 128 Å². The average molecular weight is 1150 g/mol. The van der Waals surface area contributed by atoms with Crippen molar-refractivity contribution in [3.8, 4) is 0 Å². The number of hydrogen-bond donors (Lipinski definition) is 0. The highest BCUT2D eigenvalue weighted by Crippen LogP contribution is 2.17. The topological polar surface area (TPSA) is 78.9 Å². The van der Waals surface area contributed by atoms with Crippen molar-refractivity contribution in [1.29, 1.82) is 0 Å². The first-order valence-corrected chi connectivity index (χ1v) is 34.7. The normalized spacial score (nSPS) is 13.0. The predicted molar refractivity (Wildman–Crippen MR) is 362 cm³/mol. The summed E-state index contributed by atoms with van der Waals surface area (Å²) in [4.78, 5) is 38.4. The molecule has 0 spiro atoms. The summed E-state index contributed by atoms with van der Waals surface area (Å²) in [5.41, 5.74) is 0. The van der Waals surface area contributed by atoms with E-state index >= 15 is 0 Å². The summed E-state index contributed by atoms with van der Waals surface area (Å²) in [6.07, 6.45) is 99.0. The first kappa shape index (κ1) is 78.5. The van der Waals surface area contributed by atoms with Crippen LogP contribution in [0.25, 0.3) is 0 Å². The molecule has 0 N–H and O–H groups in total. The maximum Gasteiger partial charge on any atom is 0.306 e. The summed E-state index contributed by atoms with van der Waals surface area (Å²) >= 11 is 0. The third kappa shape index (κ3) is 68.2. The van der Waals surface area contributed by atoms with Crippen LogP contribution in [0.2, 0.25) is 0 Å². The molecule has 0 saturated heterocycles. The molecule has 6 nitrogen and oxygen atoms in total. The zero-order valence-corrected chi connectivity index (χ0v) is 54.2. The zero-order chi connectivity index (χ0) is 59.9. The number of hydrogen-bond acceptors (Lipinski definition) is 6. The Morgan fingerprint density at radius 2 is 0.434 bits per heavy atom. The molecule has 1 atom stereocenters. The SMILES string of the molecule is CC/C=C\C/C=C\C/C=C\C/C=C\CCCCCCCCCCCCCCCCCCC(=O)OCC(COC(=O)CCCCCCC/C=C\C/C=C\C/C=C\CC)OC(=O)CCCCCCCCCC/C=C\C/C=C\C/C=C\C/C=C\CC. The van der Waals surface area contributed by atoms with E-state index in [0.717, 1.165) is 154 Å². The van der Waals surface area contributed by atoms with Gasteiger partial charge in [-0.15, -0.1) is 0 Å². The molecule has 0 aliphatic heterocycles. The summed E-state index contributed by atoms with van der Waals surface area (Å²) in [6.45, 7) is 6.31. The summed E-state index contributed by atoms with van der Waals surface area (Å²) in [5, 5.41) is 0. The van der Waals surface area contributed by atoms with Gasteiger partial charge in [0.25, 0.3) is 0 Å². The second-order valence-corrected chi connectivity index (χ2v) is 22.6. The molecule has 83 heavy (non-hydrogen) atoms. The first-order valence-electron chi connectivity index (χ1n) is 34.7. The van der Waals surface area contributed by atoms with E-state index in [1.54, 1.807) is 0 Å². The highest BCUT2D eigenvalue weighted by atomic mass is 16.6. The van der Waals surface area contributed by atoms with Crippen molar-refractivity contribution in [2.75, 3.05) is 13.2 Å². The number of rotatable bonds is 62. The fourth-order valence-electron chi connectivity index (χ4n) is 9.56. The lowest BCUT2D eigenvalue weighted by molar-refractivity contribution is -0.167. The van der Waals surface area contributed by atoms with Gasteiger partial charge in [0.1, 0.15) is 13.2 Å². The highest BCUT2D eigenvalue weighted by Gasteiger charge is 2.19. The largest absolute Gasteiger partial charge is 0.462 e. The number of unbranched alkanes of at least 4 members (excludes halogenated alkanes) is 29. The molecule has 0 aliphatic carbocycles. The molecule has 0 radical (unpaired) electrons. The van der Waals surface area contributed by atoms with Crippen LogP contribution in [0.4, 0.5) is 0 Å². The number of carbonyl (C=O) groups is 3. The van der Waals surface area contributed by atoms with Gasteiger partial charge in [0.2, 0.25) is 0 Å². The molecule has 472 valence electrons. The van der Waals surface area contributed by atoms with E-state index in [0.29, 0.717) is 19.3 Å². The van der Waals surface area contributed by atoms with Gasteiger partial charge >= 0.3 is 17.9 Å². The van der Waals surface area contributed by atoms with E-state index in [4.69, 9.17) is 14.2 Å². The lowest BCUT2D eigenvalue weighted by atomic mass is 10.0. The molecule has 0 aromatic heterocycles. The van der Waals surface area contributed by atoms with E-state index in [1.165, 1.54) is 122 Å². The Morgan fingerprint density at radius 3 is 0.675 bits per heavy atom. The molecular weight excluding hydrogens is 1020 g/mol. The lowest BCUT2D eigenvalue weighted by Gasteiger charge is -2.18. The van der Waals surface area contributed by atoms with Crippen LogP contribution in [0.5, 0.6) is 0 Å². The molecule has 0 saturated carbocycles. The molecule has 0 aliphatic rings. The first-order chi connectivity index (χ1) is 41.0. The van der Waals surface area contributed by atoms with Crippen molar-refractivity contribution in [3.63, 3.8) is 0 Å². The fourth-order valence-corrected chi connectivity index (χ4v) is 9.56. The van der Waals surface area contributed by atoms with E-state index < -0.39 is 6.10 Å². The standard InChI is InChI=1S/C77H128O6/c1-4-7-10-13-16-19-22-25-28-30-32-34-35-36-37-38-39-40-41-43-44-46-49-52-55-58-61-64-67-70-76(79)82-73-74(72-81-75(78)69-66-63-60-57-54-51-48-27-24-21-18-15-12-9-6-3)83-77(80)71-68-65-62-59-56-53-50-47-45-42-33-31-29-26-23-20-17-14-11-8-5-2/h7-12,16-21,25-29,32-34,42,48,74H,4-6,13-15,22-24,30-31,35-41,43-47,49-73H2,1-3H3/b10-7-,11-8-,12-9-,19-16-,20-17-,21-18-,28-25-,29-26-,34-32-,42-33-,48-27-. The molecule has 6 heteroatoms. The van der Waals surface area contributed by atoms with Crippen molar-refractivity contribution in [2.24, 2.45) is 0 Å². The molecule has 0 aromatic carbocycles. The van der Waals surface area contributed by atoms with E-state index in [9.17, 15) is 14.4 Å². The van der Waals surface area contributed by atoms with Gasteiger partial charge in [-0.3, -0.25) is 14.4 Å². The van der Waals surface area contributed by atoms with Crippen LogP contribution in [-0.2, 0) is 28.6 Å². The van der Waals surface area contributed by atoms with Crippen LogP contribution in [-0.4, -0.2) is 37.2 Å².